The highest BCUT2D eigenvalue weighted by Gasteiger charge is 2.08. The molecule has 15 heavy (non-hydrogen) atoms. The van der Waals surface area contributed by atoms with Gasteiger partial charge in [-0.3, -0.25) is 0 Å². The van der Waals surface area contributed by atoms with E-state index in [2.05, 4.69) is 51.4 Å². The van der Waals surface area contributed by atoms with E-state index in [0.29, 0.717) is 0 Å². The lowest BCUT2D eigenvalue weighted by Gasteiger charge is -2.00. The monoisotopic (exact) mass is 266 g/mol. The number of aryl methyl sites for hydroxylation is 1. The zero-order valence-electron chi connectivity index (χ0n) is 9.02. The summed E-state index contributed by atoms with van der Waals surface area (Å²) in [4.78, 5) is 3.37. The quantitative estimate of drug-likeness (QED) is 0.879. The first-order valence-corrected chi connectivity index (χ1v) is 5.93. The van der Waals surface area contributed by atoms with Crippen molar-refractivity contribution >= 4 is 26.8 Å². The molecule has 0 aliphatic rings. The molecule has 1 heterocycles. The van der Waals surface area contributed by atoms with Gasteiger partial charge in [-0.15, -0.1) is 0 Å². The Morgan fingerprint density at radius 2 is 2.20 bits per heavy atom. The molecule has 0 amide bonds. The predicted octanol–water partition coefficient (Wildman–Crippen LogP) is 3.00. The molecular weight excluding hydrogens is 252 g/mol. The second kappa shape index (κ2) is 4.37. The summed E-state index contributed by atoms with van der Waals surface area (Å²) >= 11 is 3.58. The maximum atomic E-state index is 3.58. The largest absolute Gasteiger partial charge is 0.349 e. The molecule has 1 aromatic carbocycles. The molecule has 1 aromatic heterocycles. The minimum Gasteiger partial charge on any atom is -0.349 e. The normalized spacial score (nSPS) is 11.1. The number of halogens is 1. The molecule has 2 rings (SSSR count). The summed E-state index contributed by atoms with van der Waals surface area (Å²) in [5.41, 5.74) is 3.86. The Balaban J connectivity index is 2.48. The summed E-state index contributed by atoms with van der Waals surface area (Å²) < 4.78 is 1.11. The molecule has 0 fully saturated rings. The number of aromatic amines is 1. The number of nitrogens with one attached hydrogen (secondary N) is 2. The lowest BCUT2D eigenvalue weighted by atomic mass is 10.1. The minimum atomic E-state index is 0.999. The zero-order valence-corrected chi connectivity index (χ0v) is 10.6. The van der Waals surface area contributed by atoms with Gasteiger partial charge in [0.2, 0.25) is 0 Å². The molecule has 0 aliphatic carbocycles. The van der Waals surface area contributed by atoms with Crippen LogP contribution in [-0.4, -0.2) is 18.6 Å². The molecule has 0 bridgehead atoms. The number of hydrogen-bond donors (Lipinski definition) is 2. The highest BCUT2D eigenvalue weighted by Crippen LogP contribution is 2.27. The van der Waals surface area contributed by atoms with Gasteiger partial charge in [-0.05, 0) is 60.1 Å². The fraction of sp³-hybridized carbons (Fsp3) is 0.333. The minimum absolute atomic E-state index is 0.999. The summed E-state index contributed by atoms with van der Waals surface area (Å²) in [6.07, 6.45) is 1.04. The second-order valence-corrected chi connectivity index (χ2v) is 4.61. The van der Waals surface area contributed by atoms with Gasteiger partial charge >= 0.3 is 0 Å². The van der Waals surface area contributed by atoms with E-state index >= 15 is 0 Å². The first kappa shape index (κ1) is 10.7. The van der Waals surface area contributed by atoms with E-state index < -0.39 is 0 Å². The van der Waals surface area contributed by atoms with Crippen LogP contribution in [0.5, 0.6) is 0 Å². The smallest absolute Gasteiger partial charge is 0.0863 e. The Kier molecular flexibility index (Phi) is 3.12. The molecule has 0 unspecified atom stereocenters. The highest BCUT2D eigenvalue weighted by atomic mass is 79.9. The third kappa shape index (κ3) is 2.08. The number of H-pyrrole nitrogens is 1. The number of rotatable bonds is 3. The van der Waals surface area contributed by atoms with E-state index in [1.165, 1.54) is 22.0 Å². The number of aromatic nitrogens is 1. The second-order valence-electron chi connectivity index (χ2n) is 3.82. The molecule has 3 heteroatoms. The van der Waals surface area contributed by atoms with E-state index in [9.17, 15) is 0 Å². The molecule has 0 radical (unpaired) electrons. The van der Waals surface area contributed by atoms with Gasteiger partial charge in [0.15, 0.2) is 0 Å². The molecular formula is C12H15BrN2. The van der Waals surface area contributed by atoms with Crippen LogP contribution in [0.3, 0.4) is 0 Å². The van der Waals surface area contributed by atoms with Crippen molar-refractivity contribution in [2.75, 3.05) is 13.6 Å². The van der Waals surface area contributed by atoms with Crippen molar-refractivity contribution in [1.82, 2.24) is 10.3 Å². The highest BCUT2D eigenvalue weighted by molar-refractivity contribution is 9.10. The van der Waals surface area contributed by atoms with Gasteiger partial charge in [0.1, 0.15) is 0 Å². The summed E-state index contributed by atoms with van der Waals surface area (Å²) in [5, 5.41) is 4.50. The SMILES string of the molecule is CNCCc1c(Br)[nH]c2cc(C)ccc12. The maximum Gasteiger partial charge on any atom is 0.0863 e. The van der Waals surface area contributed by atoms with Gasteiger partial charge in [0.05, 0.1) is 4.60 Å². The van der Waals surface area contributed by atoms with Crippen molar-refractivity contribution in [3.05, 3.63) is 33.9 Å². The van der Waals surface area contributed by atoms with E-state index in [0.717, 1.165) is 17.6 Å². The summed E-state index contributed by atoms with van der Waals surface area (Å²) in [6.45, 7) is 3.11. The third-order valence-corrected chi connectivity index (χ3v) is 3.31. The van der Waals surface area contributed by atoms with Crippen LogP contribution in [0, 0.1) is 6.92 Å². The van der Waals surface area contributed by atoms with Crippen LogP contribution in [0.2, 0.25) is 0 Å². The molecule has 0 atom stereocenters. The van der Waals surface area contributed by atoms with Crippen molar-refractivity contribution < 1.29 is 0 Å². The molecule has 0 saturated carbocycles. The average Bonchev–Trinajstić information content (AvgIpc) is 2.50. The van der Waals surface area contributed by atoms with Gasteiger partial charge in [-0.1, -0.05) is 12.1 Å². The zero-order chi connectivity index (χ0) is 10.8. The van der Waals surface area contributed by atoms with Gasteiger partial charge < -0.3 is 10.3 Å². The molecule has 80 valence electrons. The number of likely N-dealkylation sites (N-methyl/N-ethyl adjacent to an activating group) is 1. The first-order valence-electron chi connectivity index (χ1n) is 5.13. The van der Waals surface area contributed by atoms with Crippen molar-refractivity contribution in [3.63, 3.8) is 0 Å². The van der Waals surface area contributed by atoms with Gasteiger partial charge in [0.25, 0.3) is 0 Å². The molecule has 2 nitrogen and oxygen atoms in total. The van der Waals surface area contributed by atoms with Gasteiger partial charge in [0, 0.05) is 10.9 Å². The molecule has 0 spiro atoms. The Labute approximate surface area is 98.2 Å². The maximum absolute atomic E-state index is 3.58. The van der Waals surface area contributed by atoms with Crippen molar-refractivity contribution in [3.8, 4) is 0 Å². The predicted molar refractivity (Wildman–Crippen MR) is 68.4 cm³/mol. The van der Waals surface area contributed by atoms with Crippen LogP contribution in [0.1, 0.15) is 11.1 Å². The number of fused-ring (bicyclic) bond motifs is 1. The Morgan fingerprint density at radius 3 is 2.93 bits per heavy atom. The van der Waals surface area contributed by atoms with Crippen LogP contribution in [0.4, 0.5) is 0 Å². The van der Waals surface area contributed by atoms with E-state index in [1.54, 1.807) is 0 Å². The van der Waals surface area contributed by atoms with Crippen molar-refractivity contribution in [1.29, 1.82) is 0 Å². The molecule has 2 aromatic rings. The summed E-state index contributed by atoms with van der Waals surface area (Å²) in [5.74, 6) is 0. The molecule has 0 aliphatic heterocycles. The first-order chi connectivity index (χ1) is 7.22. The van der Waals surface area contributed by atoms with E-state index in [1.807, 2.05) is 7.05 Å². The van der Waals surface area contributed by atoms with Gasteiger partial charge in [-0.2, -0.15) is 0 Å². The number of hydrogen-bond acceptors (Lipinski definition) is 1. The Hall–Kier alpha value is -0.800. The summed E-state index contributed by atoms with van der Waals surface area (Å²) in [6, 6.07) is 6.53. The standard InChI is InChI=1S/C12H15BrN2/c1-8-3-4-9-10(5-6-14-2)12(13)15-11(9)7-8/h3-4,7,14-15H,5-6H2,1-2H3. The average molecular weight is 267 g/mol. The van der Waals surface area contributed by atoms with Crippen LogP contribution in [-0.2, 0) is 6.42 Å². The van der Waals surface area contributed by atoms with Crippen LogP contribution in [0.25, 0.3) is 10.9 Å². The van der Waals surface area contributed by atoms with E-state index in [-0.39, 0.29) is 0 Å². The fourth-order valence-corrected chi connectivity index (χ4v) is 2.46. The van der Waals surface area contributed by atoms with Gasteiger partial charge in [-0.25, -0.2) is 0 Å². The Bertz CT molecular complexity index is 474. The molecule has 2 N–H and O–H groups in total. The third-order valence-electron chi connectivity index (χ3n) is 2.63. The van der Waals surface area contributed by atoms with Crippen molar-refractivity contribution in [2.24, 2.45) is 0 Å². The van der Waals surface area contributed by atoms with Crippen molar-refractivity contribution in [2.45, 2.75) is 13.3 Å². The summed E-state index contributed by atoms with van der Waals surface area (Å²) in [7, 11) is 1.98. The fourth-order valence-electron chi connectivity index (χ4n) is 1.83. The molecule has 0 saturated heterocycles. The topological polar surface area (TPSA) is 27.8 Å². The van der Waals surface area contributed by atoms with Crippen LogP contribution in [0.15, 0.2) is 22.8 Å². The Morgan fingerprint density at radius 1 is 1.40 bits per heavy atom. The van der Waals surface area contributed by atoms with Crippen LogP contribution < -0.4 is 5.32 Å². The lowest BCUT2D eigenvalue weighted by Crippen LogP contribution is -2.10. The van der Waals surface area contributed by atoms with E-state index in [4.69, 9.17) is 0 Å². The lowest BCUT2D eigenvalue weighted by molar-refractivity contribution is 0.793. The van der Waals surface area contributed by atoms with Crippen LogP contribution >= 0.6 is 15.9 Å². The number of benzene rings is 1.